The molecule has 0 spiro atoms. The van der Waals surface area contributed by atoms with Gasteiger partial charge >= 0.3 is 0 Å². The van der Waals surface area contributed by atoms with Gasteiger partial charge in [0, 0.05) is 11.8 Å². The lowest BCUT2D eigenvalue weighted by molar-refractivity contribution is 0.173. The molecule has 0 amide bonds. The molecule has 96 valence electrons. The van der Waals surface area contributed by atoms with Crippen LogP contribution < -0.4 is 0 Å². The van der Waals surface area contributed by atoms with Gasteiger partial charge in [0.05, 0.1) is 18.8 Å². The van der Waals surface area contributed by atoms with Crippen molar-refractivity contribution in [1.82, 2.24) is 9.78 Å². The minimum absolute atomic E-state index is 0.239. The third kappa shape index (κ3) is 2.76. The topological polar surface area (TPSA) is 38.1 Å². The molecule has 1 N–H and O–H groups in total. The summed E-state index contributed by atoms with van der Waals surface area (Å²) in [5, 5.41) is 13.9. The molecule has 2 aromatic rings. The normalized spacial score (nSPS) is 12.7. The number of hydrogen-bond donors (Lipinski definition) is 1. The molecule has 0 radical (unpaired) electrons. The van der Waals surface area contributed by atoms with Crippen molar-refractivity contribution in [3.05, 3.63) is 53.1 Å². The molecule has 4 heteroatoms. The molecule has 18 heavy (non-hydrogen) atoms. The first kappa shape index (κ1) is 12.8. The van der Waals surface area contributed by atoms with Gasteiger partial charge in [-0.15, -0.1) is 0 Å². The maximum absolute atomic E-state index is 13.2. The third-order valence-electron chi connectivity index (χ3n) is 3.07. The molecule has 2 rings (SSSR count). The van der Waals surface area contributed by atoms with Crippen molar-refractivity contribution in [2.75, 3.05) is 0 Å². The van der Waals surface area contributed by atoms with E-state index in [1.807, 2.05) is 13.8 Å². The van der Waals surface area contributed by atoms with Gasteiger partial charge in [-0.25, -0.2) is 4.39 Å². The van der Waals surface area contributed by atoms with Gasteiger partial charge in [-0.1, -0.05) is 13.0 Å². The van der Waals surface area contributed by atoms with Gasteiger partial charge in [0.2, 0.25) is 0 Å². The molecule has 0 saturated heterocycles. The van der Waals surface area contributed by atoms with Crippen LogP contribution in [0.3, 0.4) is 0 Å². The van der Waals surface area contributed by atoms with E-state index >= 15 is 0 Å². The maximum Gasteiger partial charge on any atom is 0.123 e. The van der Waals surface area contributed by atoms with Crippen LogP contribution in [0.4, 0.5) is 4.39 Å². The first-order valence-corrected chi connectivity index (χ1v) is 6.05. The summed E-state index contributed by atoms with van der Waals surface area (Å²) >= 11 is 0. The number of rotatable bonds is 4. The van der Waals surface area contributed by atoms with E-state index in [1.165, 1.54) is 12.1 Å². The zero-order valence-electron chi connectivity index (χ0n) is 10.6. The first-order valence-electron chi connectivity index (χ1n) is 6.05. The molecule has 0 bridgehead atoms. The van der Waals surface area contributed by atoms with E-state index in [9.17, 15) is 9.50 Å². The van der Waals surface area contributed by atoms with Gasteiger partial charge in [-0.3, -0.25) is 4.68 Å². The van der Waals surface area contributed by atoms with Gasteiger partial charge in [0.1, 0.15) is 5.82 Å². The standard InChI is InChI=1S/C14H17FN2O/c1-3-14(18)12-7-16-17(9-12)8-11-6-13(15)5-4-10(11)2/h4-7,9,14,18H,3,8H2,1-2H3. The number of aromatic nitrogens is 2. The molecular formula is C14H17FN2O. The Morgan fingerprint density at radius 1 is 1.44 bits per heavy atom. The summed E-state index contributed by atoms with van der Waals surface area (Å²) in [6.07, 6.45) is 3.64. The smallest absolute Gasteiger partial charge is 0.123 e. The van der Waals surface area contributed by atoms with E-state index in [-0.39, 0.29) is 5.82 Å². The summed E-state index contributed by atoms with van der Waals surface area (Å²) in [6.45, 7) is 4.37. The quantitative estimate of drug-likeness (QED) is 0.903. The van der Waals surface area contributed by atoms with Crippen LogP contribution in [-0.2, 0) is 6.54 Å². The number of nitrogens with zero attached hydrogens (tertiary/aromatic N) is 2. The lowest BCUT2D eigenvalue weighted by Gasteiger charge is -2.06. The van der Waals surface area contributed by atoms with E-state index in [1.54, 1.807) is 23.1 Å². The van der Waals surface area contributed by atoms with Crippen LogP contribution in [0.5, 0.6) is 0 Å². The molecule has 0 fully saturated rings. The van der Waals surface area contributed by atoms with Gasteiger partial charge in [-0.05, 0) is 36.6 Å². The van der Waals surface area contributed by atoms with Crippen molar-refractivity contribution < 1.29 is 9.50 Å². The summed E-state index contributed by atoms with van der Waals surface area (Å²) in [5.41, 5.74) is 2.73. The highest BCUT2D eigenvalue weighted by molar-refractivity contribution is 5.26. The van der Waals surface area contributed by atoms with E-state index in [0.717, 1.165) is 16.7 Å². The number of benzene rings is 1. The van der Waals surface area contributed by atoms with Crippen LogP contribution >= 0.6 is 0 Å². The van der Waals surface area contributed by atoms with Crippen molar-refractivity contribution in [2.24, 2.45) is 0 Å². The lowest BCUT2D eigenvalue weighted by atomic mass is 10.1. The average Bonchev–Trinajstić information content (AvgIpc) is 2.81. The van der Waals surface area contributed by atoms with E-state index in [0.29, 0.717) is 13.0 Å². The van der Waals surface area contributed by atoms with Gasteiger partial charge in [0.25, 0.3) is 0 Å². The number of aliphatic hydroxyl groups is 1. The number of aryl methyl sites for hydroxylation is 1. The van der Waals surface area contributed by atoms with Crippen LogP contribution in [0.25, 0.3) is 0 Å². The van der Waals surface area contributed by atoms with Crippen molar-refractivity contribution in [1.29, 1.82) is 0 Å². The largest absolute Gasteiger partial charge is 0.388 e. The first-order chi connectivity index (χ1) is 8.60. The second-order valence-electron chi connectivity index (χ2n) is 4.47. The van der Waals surface area contributed by atoms with Crippen molar-refractivity contribution in [3.63, 3.8) is 0 Å². The molecule has 1 aromatic heterocycles. The fraction of sp³-hybridized carbons (Fsp3) is 0.357. The molecule has 0 aliphatic rings. The van der Waals surface area contributed by atoms with Crippen LogP contribution in [-0.4, -0.2) is 14.9 Å². The Hall–Kier alpha value is -1.68. The SMILES string of the molecule is CCC(O)c1cnn(Cc2cc(F)ccc2C)c1. The summed E-state index contributed by atoms with van der Waals surface area (Å²) in [7, 11) is 0. The number of hydrogen-bond acceptors (Lipinski definition) is 2. The number of halogens is 1. The fourth-order valence-corrected chi connectivity index (χ4v) is 1.86. The molecule has 1 atom stereocenters. The molecule has 0 saturated carbocycles. The van der Waals surface area contributed by atoms with Crippen molar-refractivity contribution >= 4 is 0 Å². The molecule has 0 aliphatic heterocycles. The lowest BCUT2D eigenvalue weighted by Crippen LogP contribution is -2.02. The van der Waals surface area contributed by atoms with Crippen LogP contribution in [0.1, 0.15) is 36.1 Å². The predicted octanol–water partition coefficient (Wildman–Crippen LogP) is 2.82. The third-order valence-corrected chi connectivity index (χ3v) is 3.07. The maximum atomic E-state index is 13.2. The molecular weight excluding hydrogens is 231 g/mol. The van der Waals surface area contributed by atoms with Crippen LogP contribution in [0.15, 0.2) is 30.6 Å². The second-order valence-corrected chi connectivity index (χ2v) is 4.47. The summed E-state index contributed by atoms with van der Waals surface area (Å²) < 4.78 is 14.9. The Morgan fingerprint density at radius 2 is 2.22 bits per heavy atom. The predicted molar refractivity (Wildman–Crippen MR) is 67.7 cm³/mol. The zero-order chi connectivity index (χ0) is 13.1. The molecule has 1 unspecified atom stereocenters. The monoisotopic (exact) mass is 248 g/mol. The zero-order valence-corrected chi connectivity index (χ0v) is 10.6. The summed E-state index contributed by atoms with van der Waals surface area (Å²) in [6, 6.07) is 4.73. The Kier molecular flexibility index (Phi) is 3.77. The van der Waals surface area contributed by atoms with Crippen molar-refractivity contribution in [2.45, 2.75) is 32.9 Å². The van der Waals surface area contributed by atoms with Crippen molar-refractivity contribution in [3.8, 4) is 0 Å². The molecule has 1 heterocycles. The summed E-state index contributed by atoms with van der Waals surface area (Å²) in [5.74, 6) is -0.239. The van der Waals surface area contributed by atoms with E-state index in [4.69, 9.17) is 0 Å². The highest BCUT2D eigenvalue weighted by Crippen LogP contribution is 2.16. The van der Waals surface area contributed by atoms with Crippen LogP contribution in [0.2, 0.25) is 0 Å². The highest BCUT2D eigenvalue weighted by atomic mass is 19.1. The van der Waals surface area contributed by atoms with Crippen LogP contribution in [0, 0.1) is 12.7 Å². The minimum Gasteiger partial charge on any atom is -0.388 e. The van der Waals surface area contributed by atoms with Gasteiger partial charge in [-0.2, -0.15) is 5.10 Å². The second kappa shape index (κ2) is 5.31. The van der Waals surface area contributed by atoms with E-state index < -0.39 is 6.10 Å². The Labute approximate surface area is 106 Å². The Bertz CT molecular complexity index is 536. The fourth-order valence-electron chi connectivity index (χ4n) is 1.86. The Balaban J connectivity index is 2.18. The number of aliphatic hydroxyl groups excluding tert-OH is 1. The molecule has 0 aliphatic carbocycles. The highest BCUT2D eigenvalue weighted by Gasteiger charge is 2.08. The van der Waals surface area contributed by atoms with Gasteiger partial charge < -0.3 is 5.11 Å². The minimum atomic E-state index is -0.479. The average molecular weight is 248 g/mol. The van der Waals surface area contributed by atoms with Gasteiger partial charge in [0.15, 0.2) is 0 Å². The molecule has 1 aromatic carbocycles. The molecule has 3 nitrogen and oxygen atoms in total. The summed E-state index contributed by atoms with van der Waals surface area (Å²) in [4.78, 5) is 0. The Morgan fingerprint density at radius 3 is 2.94 bits per heavy atom. The van der Waals surface area contributed by atoms with E-state index in [2.05, 4.69) is 5.10 Å².